The van der Waals surface area contributed by atoms with Crippen LogP contribution in [-0.2, 0) is 30.5 Å². The lowest BCUT2D eigenvalue weighted by Crippen LogP contribution is -2.19. The molecule has 0 N–H and O–H groups in total. The van der Waals surface area contributed by atoms with Gasteiger partial charge >= 0.3 is 0 Å². The van der Waals surface area contributed by atoms with E-state index in [1.165, 1.54) is 24.3 Å². The molecule has 0 saturated carbocycles. The molecule has 7 aromatic rings. The molecular formula is C50H48N2O4S2. The second-order valence-corrected chi connectivity index (χ2v) is 20.2. The van der Waals surface area contributed by atoms with Gasteiger partial charge in [-0.2, -0.15) is 0 Å². The van der Waals surface area contributed by atoms with Crippen molar-refractivity contribution in [3.8, 4) is 0 Å². The number of hydrogen-bond donors (Lipinski definition) is 0. The van der Waals surface area contributed by atoms with E-state index in [4.69, 9.17) is 0 Å². The highest BCUT2D eigenvalue weighted by molar-refractivity contribution is 7.92. The zero-order valence-corrected chi connectivity index (χ0v) is 35.3. The molecule has 6 nitrogen and oxygen atoms in total. The smallest absolute Gasteiger partial charge is 0.206 e. The quantitative estimate of drug-likeness (QED) is 0.137. The molecule has 0 atom stereocenters. The fourth-order valence-corrected chi connectivity index (χ4v) is 9.76. The third kappa shape index (κ3) is 8.08. The van der Waals surface area contributed by atoms with Gasteiger partial charge in [0.15, 0.2) is 0 Å². The summed E-state index contributed by atoms with van der Waals surface area (Å²) in [5, 5.41) is 0. The molecule has 294 valence electrons. The van der Waals surface area contributed by atoms with Crippen molar-refractivity contribution in [3.05, 3.63) is 193 Å². The summed E-state index contributed by atoms with van der Waals surface area (Å²) in [5.41, 5.74) is 7.53. The zero-order valence-electron chi connectivity index (χ0n) is 33.7. The molecule has 0 aromatic heterocycles. The lowest BCUT2D eigenvalue weighted by atomic mass is 9.85. The molecule has 7 rings (SSSR count). The molecule has 58 heavy (non-hydrogen) atoms. The maximum atomic E-state index is 13.9. The Bertz CT molecular complexity index is 2540. The Hall–Kier alpha value is -5.96. The number of para-hydroxylation sites is 4. The van der Waals surface area contributed by atoms with Crippen LogP contribution in [0.5, 0.6) is 0 Å². The van der Waals surface area contributed by atoms with Gasteiger partial charge in [0.25, 0.3) is 0 Å². The molecule has 8 heteroatoms. The first-order chi connectivity index (χ1) is 27.6. The number of rotatable bonds is 10. The van der Waals surface area contributed by atoms with Crippen LogP contribution in [0.15, 0.2) is 202 Å². The number of benzene rings is 7. The van der Waals surface area contributed by atoms with E-state index in [0.717, 1.165) is 45.3 Å². The summed E-state index contributed by atoms with van der Waals surface area (Å²) in [6.45, 7) is 13.0. The van der Waals surface area contributed by atoms with Crippen molar-refractivity contribution in [1.29, 1.82) is 0 Å². The van der Waals surface area contributed by atoms with Crippen molar-refractivity contribution in [2.24, 2.45) is 0 Å². The van der Waals surface area contributed by atoms with Crippen molar-refractivity contribution in [1.82, 2.24) is 0 Å². The summed E-state index contributed by atoms with van der Waals surface area (Å²) in [6, 6.07) is 55.5. The van der Waals surface area contributed by atoms with Gasteiger partial charge in [0.2, 0.25) is 19.7 Å². The first-order valence-corrected chi connectivity index (χ1v) is 22.2. The summed E-state index contributed by atoms with van der Waals surface area (Å²) in [6.07, 6.45) is 0. The summed E-state index contributed by atoms with van der Waals surface area (Å²) in [5.74, 6) is 0. The van der Waals surface area contributed by atoms with Crippen LogP contribution in [0.3, 0.4) is 0 Å². The van der Waals surface area contributed by atoms with Crippen LogP contribution in [0.2, 0.25) is 0 Å². The molecule has 0 fully saturated rings. The van der Waals surface area contributed by atoms with E-state index in [-0.39, 0.29) is 30.4 Å². The van der Waals surface area contributed by atoms with E-state index < -0.39 is 19.7 Å². The fraction of sp³-hybridized carbons (Fsp3) is 0.160. The molecule has 0 radical (unpaired) electrons. The fourth-order valence-electron chi connectivity index (χ4n) is 7.23. The van der Waals surface area contributed by atoms with Gasteiger partial charge in [-0.1, -0.05) is 114 Å². The van der Waals surface area contributed by atoms with E-state index in [1.807, 2.05) is 109 Å². The maximum absolute atomic E-state index is 13.9. The molecule has 0 heterocycles. The Morgan fingerprint density at radius 2 is 0.552 bits per heavy atom. The Kier molecular flexibility index (Phi) is 10.9. The van der Waals surface area contributed by atoms with E-state index in [0.29, 0.717) is 0 Å². The Morgan fingerprint density at radius 3 is 0.845 bits per heavy atom. The zero-order chi connectivity index (χ0) is 41.3. The van der Waals surface area contributed by atoms with E-state index >= 15 is 0 Å². The average molecular weight is 805 g/mol. The first kappa shape index (κ1) is 40.2. The molecule has 0 aliphatic rings. The van der Waals surface area contributed by atoms with Crippen LogP contribution < -0.4 is 9.80 Å². The molecule has 0 saturated heterocycles. The van der Waals surface area contributed by atoms with Crippen LogP contribution in [0.4, 0.5) is 34.1 Å². The minimum absolute atomic E-state index is 0.00329. The molecular weight excluding hydrogens is 757 g/mol. The standard InChI is InChI=1S/C50H48N2O4S2/c1-49(2,3)45-21-13-15-23-47(45)51(37-17-9-7-10-18-37)39-25-29-41(30-26-39)57(53,54)43-33-35-44(36-34-43)58(55,56)42-31-27-40(28-32-42)52(38-19-11-8-12-20-38)48-24-16-14-22-46(48)50(4,5)6/h7-36H,1-6H3. The monoisotopic (exact) mass is 804 g/mol. The highest BCUT2D eigenvalue weighted by atomic mass is 32.2. The summed E-state index contributed by atoms with van der Waals surface area (Å²) in [7, 11) is -7.94. The van der Waals surface area contributed by atoms with Crippen molar-refractivity contribution >= 4 is 53.8 Å². The topological polar surface area (TPSA) is 74.8 Å². The third-order valence-corrected chi connectivity index (χ3v) is 13.8. The predicted octanol–water partition coefficient (Wildman–Crippen LogP) is 12.9. The molecule has 0 spiro atoms. The van der Waals surface area contributed by atoms with Crippen LogP contribution in [0.25, 0.3) is 0 Å². The lowest BCUT2D eigenvalue weighted by molar-refractivity contribution is 0.590. The number of sulfone groups is 2. The van der Waals surface area contributed by atoms with Gasteiger partial charge < -0.3 is 9.80 Å². The van der Waals surface area contributed by atoms with Gasteiger partial charge in [-0.15, -0.1) is 0 Å². The normalized spacial score (nSPS) is 12.2. The van der Waals surface area contributed by atoms with E-state index in [1.54, 1.807) is 24.3 Å². The third-order valence-electron chi connectivity index (χ3n) is 10.2. The van der Waals surface area contributed by atoms with Crippen LogP contribution in [0.1, 0.15) is 52.7 Å². The summed E-state index contributed by atoms with van der Waals surface area (Å²) < 4.78 is 55.7. The second kappa shape index (κ2) is 15.8. The highest BCUT2D eigenvalue weighted by Crippen LogP contribution is 2.43. The van der Waals surface area contributed by atoms with Gasteiger partial charge in [0.1, 0.15) is 0 Å². The minimum atomic E-state index is -3.97. The van der Waals surface area contributed by atoms with Gasteiger partial charge in [0, 0.05) is 34.1 Å². The summed E-state index contributed by atoms with van der Waals surface area (Å²) >= 11 is 0. The summed E-state index contributed by atoms with van der Waals surface area (Å²) in [4.78, 5) is 4.48. The van der Waals surface area contributed by atoms with Crippen LogP contribution in [-0.4, -0.2) is 16.8 Å². The van der Waals surface area contributed by atoms with Crippen molar-refractivity contribution in [2.75, 3.05) is 9.80 Å². The Morgan fingerprint density at radius 1 is 0.310 bits per heavy atom. The number of anilines is 6. The van der Waals surface area contributed by atoms with Crippen LogP contribution in [0, 0.1) is 0 Å². The second-order valence-electron chi connectivity index (χ2n) is 16.3. The van der Waals surface area contributed by atoms with Crippen LogP contribution >= 0.6 is 0 Å². The Labute approximate surface area is 343 Å². The molecule has 0 unspecified atom stereocenters. The van der Waals surface area contributed by atoms with E-state index in [2.05, 4.69) is 75.6 Å². The average Bonchev–Trinajstić information content (AvgIpc) is 3.22. The maximum Gasteiger partial charge on any atom is 0.206 e. The molecule has 0 aliphatic carbocycles. The predicted molar refractivity (Wildman–Crippen MR) is 237 cm³/mol. The Balaban J connectivity index is 1.16. The van der Waals surface area contributed by atoms with Gasteiger partial charge in [0.05, 0.1) is 19.6 Å². The molecule has 0 amide bonds. The lowest BCUT2D eigenvalue weighted by Gasteiger charge is -2.32. The minimum Gasteiger partial charge on any atom is -0.310 e. The molecule has 0 aliphatic heterocycles. The largest absolute Gasteiger partial charge is 0.310 e. The molecule has 0 bridgehead atoms. The SMILES string of the molecule is CC(C)(C)c1ccccc1N(c1ccccc1)c1ccc(S(=O)(=O)c2ccc(S(=O)(=O)c3ccc(N(c4ccccc4)c4ccccc4C(C)(C)C)cc3)cc2)cc1. The van der Waals surface area contributed by atoms with Gasteiger partial charge in [-0.05, 0) is 131 Å². The first-order valence-electron chi connectivity index (χ1n) is 19.3. The van der Waals surface area contributed by atoms with Crippen molar-refractivity contribution in [2.45, 2.75) is 72.0 Å². The van der Waals surface area contributed by atoms with Crippen molar-refractivity contribution in [3.63, 3.8) is 0 Å². The number of nitrogens with zero attached hydrogens (tertiary/aromatic N) is 2. The highest BCUT2D eigenvalue weighted by Gasteiger charge is 2.27. The molecule has 7 aromatic carbocycles. The van der Waals surface area contributed by atoms with Crippen molar-refractivity contribution < 1.29 is 16.8 Å². The van der Waals surface area contributed by atoms with E-state index in [9.17, 15) is 16.8 Å². The number of hydrogen-bond acceptors (Lipinski definition) is 6. The van der Waals surface area contributed by atoms with Gasteiger partial charge in [-0.3, -0.25) is 0 Å². The van der Waals surface area contributed by atoms with Gasteiger partial charge in [-0.25, -0.2) is 16.8 Å².